The van der Waals surface area contributed by atoms with E-state index in [2.05, 4.69) is 4.98 Å². The fourth-order valence-electron chi connectivity index (χ4n) is 4.27. The lowest BCUT2D eigenvalue weighted by Gasteiger charge is -2.16. The van der Waals surface area contributed by atoms with E-state index in [1.165, 1.54) is 0 Å². The van der Waals surface area contributed by atoms with Crippen molar-refractivity contribution in [3.05, 3.63) is 124 Å². The van der Waals surface area contributed by atoms with Crippen LogP contribution in [0.1, 0.15) is 5.56 Å². The van der Waals surface area contributed by atoms with Crippen molar-refractivity contribution in [1.82, 2.24) is 24.2 Å². The molecule has 8 heteroatoms. The number of para-hydroxylation sites is 1. The Morgan fingerprint density at radius 2 is 1.58 bits per heavy atom. The van der Waals surface area contributed by atoms with Gasteiger partial charge in [0.05, 0.1) is 12.2 Å². The summed E-state index contributed by atoms with van der Waals surface area (Å²) >= 11 is 6.11. The zero-order chi connectivity index (χ0) is 24.6. The molecule has 1 N–H and O–H groups in total. The molecule has 6 rings (SSSR count). The van der Waals surface area contributed by atoms with Gasteiger partial charge in [-0.1, -0.05) is 60.1 Å². The van der Waals surface area contributed by atoms with Gasteiger partial charge in [0.2, 0.25) is 0 Å². The SMILES string of the molecule is O=c1c2ncn(-c3ccccc3)c2nc(-c2ccc(C3=CCN(O)C=C3)cc2)n1-c1ccc(Cl)cc1. The van der Waals surface area contributed by atoms with E-state index in [-0.39, 0.29) is 11.1 Å². The van der Waals surface area contributed by atoms with Gasteiger partial charge >= 0.3 is 0 Å². The van der Waals surface area contributed by atoms with Crippen LogP contribution < -0.4 is 5.56 Å². The average Bonchev–Trinajstić information content (AvgIpc) is 3.35. The predicted molar refractivity (Wildman–Crippen MR) is 141 cm³/mol. The molecule has 5 aromatic rings. The van der Waals surface area contributed by atoms with Gasteiger partial charge in [-0.05, 0) is 53.6 Å². The molecule has 2 aromatic heterocycles. The predicted octanol–water partition coefficient (Wildman–Crippen LogP) is 5.49. The van der Waals surface area contributed by atoms with Crippen molar-refractivity contribution in [2.45, 2.75) is 0 Å². The number of allylic oxidation sites excluding steroid dienone is 2. The molecule has 0 amide bonds. The Kier molecular flexibility index (Phi) is 5.48. The minimum atomic E-state index is -0.267. The highest BCUT2D eigenvalue weighted by molar-refractivity contribution is 6.30. The zero-order valence-electron chi connectivity index (χ0n) is 19.0. The standard InChI is InChI=1S/C28H20ClN5O2/c29-22-10-12-24(13-11-22)34-26(21-8-6-19(7-9-21)20-14-16-32(36)17-15-20)31-27-25(28(34)35)30-18-33(27)23-4-2-1-3-5-23/h1-16,18,36H,17H2. The van der Waals surface area contributed by atoms with Gasteiger partial charge < -0.3 is 0 Å². The van der Waals surface area contributed by atoms with Crippen molar-refractivity contribution in [3.63, 3.8) is 0 Å². The van der Waals surface area contributed by atoms with Crippen molar-refractivity contribution < 1.29 is 5.21 Å². The Balaban J connectivity index is 1.55. The number of imidazole rings is 1. The van der Waals surface area contributed by atoms with Crippen molar-refractivity contribution in [3.8, 4) is 22.8 Å². The van der Waals surface area contributed by atoms with Gasteiger partial charge in [-0.2, -0.15) is 0 Å². The molecule has 3 aromatic carbocycles. The zero-order valence-corrected chi connectivity index (χ0v) is 19.7. The number of rotatable bonds is 4. The van der Waals surface area contributed by atoms with Crippen LogP contribution in [0.2, 0.25) is 5.02 Å². The van der Waals surface area contributed by atoms with E-state index in [1.54, 1.807) is 41.4 Å². The van der Waals surface area contributed by atoms with E-state index < -0.39 is 0 Å². The van der Waals surface area contributed by atoms with Crippen molar-refractivity contribution in [2.24, 2.45) is 0 Å². The smallest absolute Gasteiger partial charge is 0.286 e. The number of halogens is 1. The average molecular weight is 494 g/mol. The molecule has 0 radical (unpaired) electrons. The number of fused-ring (bicyclic) bond motifs is 1. The van der Waals surface area contributed by atoms with E-state index in [1.807, 2.05) is 71.3 Å². The van der Waals surface area contributed by atoms with Crippen LogP contribution in [0.4, 0.5) is 0 Å². The summed E-state index contributed by atoms with van der Waals surface area (Å²) in [7, 11) is 0. The second-order valence-corrected chi connectivity index (χ2v) is 8.79. The van der Waals surface area contributed by atoms with Crippen LogP contribution in [0.5, 0.6) is 0 Å². The van der Waals surface area contributed by atoms with E-state index in [4.69, 9.17) is 16.6 Å². The quantitative estimate of drug-likeness (QED) is 0.358. The molecule has 0 bridgehead atoms. The summed E-state index contributed by atoms with van der Waals surface area (Å²) in [5.74, 6) is 0.494. The molecule has 176 valence electrons. The van der Waals surface area contributed by atoms with Gasteiger partial charge in [-0.15, -0.1) is 0 Å². The molecule has 0 saturated heterocycles. The minimum Gasteiger partial charge on any atom is -0.289 e. The largest absolute Gasteiger partial charge is 0.289 e. The van der Waals surface area contributed by atoms with E-state index in [0.29, 0.717) is 28.7 Å². The van der Waals surface area contributed by atoms with Gasteiger partial charge in [0.1, 0.15) is 12.2 Å². The molecule has 3 heterocycles. The Hall–Kier alpha value is -4.46. The van der Waals surface area contributed by atoms with Crippen LogP contribution in [-0.4, -0.2) is 35.9 Å². The molecule has 1 aliphatic rings. The third-order valence-electron chi connectivity index (χ3n) is 6.09. The van der Waals surface area contributed by atoms with Gasteiger partial charge in [0.15, 0.2) is 11.2 Å². The molecule has 0 unspecified atom stereocenters. The summed E-state index contributed by atoms with van der Waals surface area (Å²) in [4.78, 5) is 23.1. The first-order valence-electron chi connectivity index (χ1n) is 11.3. The lowest BCUT2D eigenvalue weighted by Crippen LogP contribution is -2.22. The highest BCUT2D eigenvalue weighted by Crippen LogP contribution is 2.27. The van der Waals surface area contributed by atoms with Crippen LogP contribution in [0, 0.1) is 0 Å². The second kappa shape index (κ2) is 8.96. The first kappa shape index (κ1) is 22.0. The molecule has 0 aliphatic carbocycles. The topological polar surface area (TPSA) is 76.2 Å². The highest BCUT2D eigenvalue weighted by atomic mass is 35.5. The summed E-state index contributed by atoms with van der Waals surface area (Å²) in [6, 6.07) is 24.6. The first-order valence-corrected chi connectivity index (χ1v) is 11.7. The fourth-order valence-corrected chi connectivity index (χ4v) is 4.39. The van der Waals surface area contributed by atoms with Gasteiger partial charge in [-0.3, -0.25) is 24.2 Å². The summed E-state index contributed by atoms with van der Waals surface area (Å²) in [5, 5.41) is 11.3. The Labute approximate surface area is 211 Å². The van der Waals surface area contributed by atoms with Crippen molar-refractivity contribution in [2.75, 3.05) is 6.54 Å². The van der Waals surface area contributed by atoms with Crippen LogP contribution in [0.25, 0.3) is 39.5 Å². The van der Waals surface area contributed by atoms with Gasteiger partial charge in [-0.25, -0.2) is 9.97 Å². The van der Waals surface area contributed by atoms with Crippen LogP contribution in [0.3, 0.4) is 0 Å². The molecule has 0 atom stereocenters. The van der Waals surface area contributed by atoms with E-state index in [0.717, 1.165) is 27.5 Å². The number of benzene rings is 3. The second-order valence-electron chi connectivity index (χ2n) is 8.35. The molecular weight excluding hydrogens is 474 g/mol. The van der Waals surface area contributed by atoms with Crippen LogP contribution in [0.15, 0.2) is 108 Å². The number of nitrogens with zero attached hydrogens (tertiary/aromatic N) is 5. The molecular formula is C28H20ClN5O2. The van der Waals surface area contributed by atoms with Crippen LogP contribution in [-0.2, 0) is 0 Å². The Morgan fingerprint density at radius 3 is 2.28 bits per heavy atom. The monoisotopic (exact) mass is 493 g/mol. The first-order chi connectivity index (χ1) is 17.6. The van der Waals surface area contributed by atoms with Crippen molar-refractivity contribution >= 4 is 28.3 Å². The third-order valence-corrected chi connectivity index (χ3v) is 6.34. The third kappa shape index (κ3) is 3.90. The molecule has 0 fully saturated rings. The maximum atomic E-state index is 13.8. The lowest BCUT2D eigenvalue weighted by atomic mass is 10.0. The molecule has 0 saturated carbocycles. The lowest BCUT2D eigenvalue weighted by molar-refractivity contribution is -0.0299. The maximum absolute atomic E-state index is 13.8. The highest BCUT2D eigenvalue weighted by Gasteiger charge is 2.19. The number of hydrogen-bond donors (Lipinski definition) is 1. The molecule has 1 aliphatic heterocycles. The van der Waals surface area contributed by atoms with Crippen LogP contribution >= 0.6 is 11.6 Å². The number of hydroxylamine groups is 2. The molecule has 0 spiro atoms. The number of hydrogen-bond acceptors (Lipinski definition) is 5. The summed E-state index contributed by atoms with van der Waals surface area (Å²) in [5.41, 5.74) is 4.79. The normalized spacial score (nSPS) is 13.3. The Bertz CT molecular complexity index is 1690. The van der Waals surface area contributed by atoms with Crippen molar-refractivity contribution in [1.29, 1.82) is 0 Å². The molecule has 7 nitrogen and oxygen atoms in total. The Morgan fingerprint density at radius 1 is 0.861 bits per heavy atom. The van der Waals surface area contributed by atoms with Gasteiger partial charge in [0, 0.05) is 22.5 Å². The number of aromatic nitrogens is 4. The summed E-state index contributed by atoms with van der Waals surface area (Å²) in [6.45, 7) is 0.422. The maximum Gasteiger partial charge on any atom is 0.286 e. The van der Waals surface area contributed by atoms with E-state index >= 15 is 0 Å². The minimum absolute atomic E-state index is 0.267. The summed E-state index contributed by atoms with van der Waals surface area (Å²) in [6.07, 6.45) is 7.05. The molecule has 36 heavy (non-hydrogen) atoms. The summed E-state index contributed by atoms with van der Waals surface area (Å²) < 4.78 is 3.39. The fraction of sp³-hybridized carbons (Fsp3) is 0.0357. The van der Waals surface area contributed by atoms with Gasteiger partial charge in [0.25, 0.3) is 5.56 Å². The van der Waals surface area contributed by atoms with E-state index in [9.17, 15) is 10.0 Å².